The minimum Gasteiger partial charge on any atom is -0.462 e. The van der Waals surface area contributed by atoms with Crippen LogP contribution in [0.25, 0.3) is 65.3 Å². The largest absolute Gasteiger partial charge is 0.462 e. The minimum absolute atomic E-state index is 0.282. The Hall–Kier alpha value is -7.29. The van der Waals surface area contributed by atoms with E-state index in [4.69, 9.17) is 4.74 Å². The highest BCUT2D eigenvalue weighted by molar-refractivity contribution is 6.17. The number of benzene rings is 10. The fourth-order valence-corrected chi connectivity index (χ4v) is 9.44. The topological polar surface area (TPSA) is 26.3 Å². The van der Waals surface area contributed by atoms with Crippen molar-refractivity contribution in [2.45, 2.75) is 12.3 Å². The summed E-state index contributed by atoms with van der Waals surface area (Å²) < 4.78 is 5.28. The van der Waals surface area contributed by atoms with Crippen LogP contribution in [0.1, 0.15) is 39.5 Å². The van der Waals surface area contributed by atoms with Crippen molar-refractivity contribution in [3.63, 3.8) is 0 Å². The number of carbonyl (C=O) groups excluding carboxylic acids is 1. The van der Waals surface area contributed by atoms with E-state index in [1.807, 2.05) is 55.5 Å². The molecule has 276 valence electrons. The maximum absolute atomic E-state index is 12.5. The number of ether oxygens (including phenoxy) is 1. The van der Waals surface area contributed by atoms with E-state index in [0.717, 1.165) is 32.7 Å². The van der Waals surface area contributed by atoms with Crippen LogP contribution in [0.15, 0.2) is 212 Å². The van der Waals surface area contributed by atoms with Gasteiger partial charge in [-0.25, -0.2) is 4.79 Å². The zero-order valence-electron chi connectivity index (χ0n) is 32.2. The average Bonchev–Trinajstić information content (AvgIpc) is 3.29. The Balaban J connectivity index is 0.000000147. The number of fused-ring (bicyclic) bond motifs is 6. The molecule has 10 aromatic rings. The molecule has 58 heavy (non-hydrogen) atoms. The molecular weight excluding hydrogens is 705 g/mol. The number of hydrogen-bond acceptors (Lipinski definition) is 2. The van der Waals surface area contributed by atoms with Crippen LogP contribution < -0.4 is 0 Å². The lowest BCUT2D eigenvalue weighted by Crippen LogP contribution is -2.33. The highest BCUT2D eigenvalue weighted by Gasteiger charge is 2.44. The van der Waals surface area contributed by atoms with Gasteiger partial charge in [0.2, 0.25) is 0 Å². The molecule has 2 nitrogen and oxygen atoms in total. The molecule has 2 heteroatoms. The maximum Gasteiger partial charge on any atom is 0.338 e. The van der Waals surface area contributed by atoms with Gasteiger partial charge in [0, 0.05) is 0 Å². The molecule has 0 saturated heterocycles. The third-order valence-electron chi connectivity index (χ3n) is 11.8. The van der Waals surface area contributed by atoms with Crippen molar-refractivity contribution in [3.8, 4) is 22.3 Å². The second kappa shape index (κ2) is 14.7. The Labute approximate surface area is 338 Å². The van der Waals surface area contributed by atoms with Crippen molar-refractivity contribution < 1.29 is 9.53 Å². The molecule has 11 rings (SSSR count). The molecule has 1 aliphatic rings. The third-order valence-corrected chi connectivity index (χ3v) is 11.8. The number of carbonyl (C=O) groups is 1. The van der Waals surface area contributed by atoms with Crippen molar-refractivity contribution in [2.75, 3.05) is 6.61 Å². The number of hydrogen-bond donors (Lipinski definition) is 0. The zero-order valence-corrected chi connectivity index (χ0v) is 32.2. The number of rotatable bonds is 5. The molecular formula is C56H40O2. The fourth-order valence-electron chi connectivity index (χ4n) is 9.44. The van der Waals surface area contributed by atoms with E-state index in [1.54, 1.807) is 0 Å². The Morgan fingerprint density at radius 2 is 0.879 bits per heavy atom. The average molecular weight is 745 g/mol. The van der Waals surface area contributed by atoms with Crippen LogP contribution in [0.2, 0.25) is 0 Å². The summed E-state index contributed by atoms with van der Waals surface area (Å²) in [5.41, 5.74) is 10.2. The van der Waals surface area contributed by atoms with Crippen LogP contribution in [0.3, 0.4) is 0 Å². The SMILES string of the molecule is CCOC(=O)c1ccccc1-c1c2ccccc2cc2ccccc12.c1ccc(C2(c3ccccc3)c3ccccc3-c3c4ccccc4cc4cccc2c34)cc1. The van der Waals surface area contributed by atoms with Crippen LogP contribution in [0.4, 0.5) is 0 Å². The molecule has 0 amide bonds. The molecule has 10 aromatic carbocycles. The van der Waals surface area contributed by atoms with Gasteiger partial charge in [-0.3, -0.25) is 0 Å². The summed E-state index contributed by atoms with van der Waals surface area (Å²) >= 11 is 0. The first-order chi connectivity index (χ1) is 28.7. The van der Waals surface area contributed by atoms with E-state index < -0.39 is 0 Å². The first-order valence-corrected chi connectivity index (χ1v) is 20.0. The first kappa shape index (κ1) is 35.1. The van der Waals surface area contributed by atoms with Crippen molar-refractivity contribution >= 4 is 49.1 Å². The van der Waals surface area contributed by atoms with E-state index in [1.165, 1.54) is 54.9 Å². The monoisotopic (exact) mass is 744 g/mol. The molecule has 0 radical (unpaired) electrons. The van der Waals surface area contributed by atoms with Crippen molar-refractivity contribution in [1.82, 2.24) is 0 Å². The van der Waals surface area contributed by atoms with E-state index in [0.29, 0.717) is 12.2 Å². The smallest absolute Gasteiger partial charge is 0.338 e. The van der Waals surface area contributed by atoms with Gasteiger partial charge in [0.1, 0.15) is 0 Å². The van der Waals surface area contributed by atoms with Gasteiger partial charge in [-0.05, 0) is 113 Å². The van der Waals surface area contributed by atoms with E-state index in [2.05, 4.69) is 164 Å². The number of esters is 1. The highest BCUT2D eigenvalue weighted by atomic mass is 16.5. The lowest BCUT2D eigenvalue weighted by Gasteiger charge is -2.42. The van der Waals surface area contributed by atoms with Crippen molar-refractivity contribution in [2.24, 2.45) is 0 Å². The second-order valence-corrected chi connectivity index (χ2v) is 14.9. The van der Waals surface area contributed by atoms with Gasteiger partial charge in [0.05, 0.1) is 17.6 Å². The molecule has 0 fully saturated rings. The first-order valence-electron chi connectivity index (χ1n) is 20.0. The summed E-state index contributed by atoms with van der Waals surface area (Å²) in [6, 6.07) is 75.5. The van der Waals surface area contributed by atoms with Gasteiger partial charge in [-0.1, -0.05) is 194 Å². The quantitative estimate of drug-likeness (QED) is 0.130. The summed E-state index contributed by atoms with van der Waals surface area (Å²) in [7, 11) is 0. The summed E-state index contributed by atoms with van der Waals surface area (Å²) in [6.45, 7) is 2.19. The standard InChI is InChI=1S/C33H22.C23H18O2/c1-3-14-25(15-4-1)33(26-16-5-2-6-17-26)29-20-10-9-19-28(29)32-27-18-8-7-12-23(27)22-24-13-11-21-30(33)31(24)32;1-2-25-23(24)21-14-8-7-13-20(21)22-18-11-5-3-9-16(18)15-17-10-4-6-12-19(17)22/h1-22H;3-15H,2H2,1H3. The van der Waals surface area contributed by atoms with Crippen LogP contribution in [0.5, 0.6) is 0 Å². The maximum atomic E-state index is 12.5. The molecule has 0 aliphatic heterocycles. The molecule has 0 saturated carbocycles. The molecule has 1 aliphatic carbocycles. The lowest BCUT2D eigenvalue weighted by molar-refractivity contribution is 0.0527. The summed E-state index contributed by atoms with van der Waals surface area (Å²) in [5.74, 6) is -0.282. The van der Waals surface area contributed by atoms with Crippen LogP contribution in [0, 0.1) is 0 Å². The molecule has 0 spiro atoms. The summed E-state index contributed by atoms with van der Waals surface area (Å²) in [5, 5.41) is 9.87. The Morgan fingerprint density at radius 1 is 0.431 bits per heavy atom. The Bertz CT molecular complexity index is 3050. The van der Waals surface area contributed by atoms with Gasteiger partial charge < -0.3 is 4.74 Å². The lowest BCUT2D eigenvalue weighted by atomic mass is 9.59. The van der Waals surface area contributed by atoms with Gasteiger partial charge >= 0.3 is 5.97 Å². The molecule has 0 unspecified atom stereocenters. The van der Waals surface area contributed by atoms with E-state index in [-0.39, 0.29) is 11.4 Å². The third kappa shape index (κ3) is 5.60. The normalized spacial score (nSPS) is 12.5. The zero-order chi connectivity index (χ0) is 39.1. The predicted octanol–water partition coefficient (Wildman–Crippen LogP) is 14.2. The second-order valence-electron chi connectivity index (χ2n) is 14.9. The molecule has 0 N–H and O–H groups in total. The summed E-state index contributed by atoms with van der Waals surface area (Å²) in [6.07, 6.45) is 0. The molecule has 0 bridgehead atoms. The van der Waals surface area contributed by atoms with E-state index >= 15 is 0 Å². The van der Waals surface area contributed by atoms with Gasteiger partial charge in [-0.15, -0.1) is 0 Å². The summed E-state index contributed by atoms with van der Waals surface area (Å²) in [4.78, 5) is 12.5. The van der Waals surface area contributed by atoms with E-state index in [9.17, 15) is 4.79 Å². The molecule has 0 atom stereocenters. The van der Waals surface area contributed by atoms with Gasteiger partial charge in [0.15, 0.2) is 0 Å². The Morgan fingerprint density at radius 3 is 1.48 bits per heavy atom. The van der Waals surface area contributed by atoms with Crippen LogP contribution >= 0.6 is 0 Å². The fraction of sp³-hybridized carbons (Fsp3) is 0.0536. The predicted molar refractivity (Wildman–Crippen MR) is 242 cm³/mol. The minimum atomic E-state index is -0.381. The van der Waals surface area contributed by atoms with Crippen molar-refractivity contribution in [1.29, 1.82) is 0 Å². The molecule has 0 heterocycles. The van der Waals surface area contributed by atoms with Gasteiger partial charge in [-0.2, -0.15) is 0 Å². The highest BCUT2D eigenvalue weighted by Crippen LogP contribution is 2.56. The van der Waals surface area contributed by atoms with Crippen LogP contribution in [-0.2, 0) is 10.2 Å². The van der Waals surface area contributed by atoms with Crippen LogP contribution in [-0.4, -0.2) is 12.6 Å². The van der Waals surface area contributed by atoms with Gasteiger partial charge in [0.25, 0.3) is 0 Å². The van der Waals surface area contributed by atoms with Crippen molar-refractivity contribution in [3.05, 3.63) is 240 Å². The molecule has 0 aromatic heterocycles. The Kier molecular flexibility index (Phi) is 8.88.